The Hall–Kier alpha value is -2.79. The number of amides is 1. The summed E-state index contributed by atoms with van der Waals surface area (Å²) >= 11 is 0. The quantitative estimate of drug-likeness (QED) is 0.684. The van der Waals surface area contributed by atoms with E-state index in [9.17, 15) is 26.4 Å². The maximum Gasteiger partial charge on any atom is 0.573 e. The molecule has 1 unspecified atom stereocenters. The summed E-state index contributed by atoms with van der Waals surface area (Å²) in [6, 6.07) is 9.88. The first-order chi connectivity index (χ1) is 14.1. The van der Waals surface area contributed by atoms with Crippen molar-refractivity contribution in [1.82, 2.24) is 5.32 Å². The largest absolute Gasteiger partial charge is 0.573 e. The number of sulfonamides is 1. The van der Waals surface area contributed by atoms with Gasteiger partial charge in [-0.25, -0.2) is 8.42 Å². The van der Waals surface area contributed by atoms with E-state index in [1.807, 2.05) is 0 Å². The third kappa shape index (κ3) is 5.86. The molecule has 1 aliphatic heterocycles. The number of hydrogen-bond donors (Lipinski definition) is 2. The molecule has 1 amide bonds. The third-order valence-electron chi connectivity index (χ3n) is 4.28. The highest BCUT2D eigenvalue weighted by Gasteiger charge is 2.31. The third-order valence-corrected chi connectivity index (χ3v) is 5.64. The Balaban J connectivity index is 1.77. The van der Waals surface area contributed by atoms with Crippen LogP contribution < -0.4 is 14.8 Å². The van der Waals surface area contributed by atoms with Gasteiger partial charge in [0.25, 0.3) is 15.9 Å². The molecule has 1 saturated heterocycles. The zero-order valence-corrected chi connectivity index (χ0v) is 16.4. The number of benzene rings is 2. The minimum atomic E-state index is -4.95. The molecule has 1 fully saturated rings. The van der Waals surface area contributed by atoms with E-state index in [1.54, 1.807) is 6.07 Å². The van der Waals surface area contributed by atoms with Crippen molar-refractivity contribution in [2.75, 3.05) is 17.9 Å². The highest BCUT2D eigenvalue weighted by atomic mass is 32.2. The number of nitrogens with one attached hydrogen (secondary N) is 2. The number of ether oxygens (including phenoxy) is 2. The maximum absolute atomic E-state index is 12.7. The Bertz CT molecular complexity index is 1010. The van der Waals surface area contributed by atoms with Crippen molar-refractivity contribution >= 4 is 21.6 Å². The van der Waals surface area contributed by atoms with Gasteiger partial charge in [0, 0.05) is 19.2 Å². The first-order valence-corrected chi connectivity index (χ1v) is 10.5. The van der Waals surface area contributed by atoms with E-state index in [-0.39, 0.29) is 23.9 Å². The fourth-order valence-electron chi connectivity index (χ4n) is 2.92. The van der Waals surface area contributed by atoms with Crippen molar-refractivity contribution in [3.05, 3.63) is 54.1 Å². The van der Waals surface area contributed by atoms with Crippen LogP contribution in [0.1, 0.15) is 23.2 Å². The SMILES string of the molecule is O=C(NCC1CCCO1)c1ccccc1NS(=O)(=O)c1cccc(OC(F)(F)F)c1. The van der Waals surface area contributed by atoms with Crippen LogP contribution in [0.3, 0.4) is 0 Å². The molecule has 2 N–H and O–H groups in total. The Morgan fingerprint density at radius 3 is 2.63 bits per heavy atom. The topological polar surface area (TPSA) is 93.7 Å². The van der Waals surface area contributed by atoms with Crippen LogP contribution in [0.25, 0.3) is 0 Å². The van der Waals surface area contributed by atoms with Crippen molar-refractivity contribution in [1.29, 1.82) is 0 Å². The maximum atomic E-state index is 12.7. The molecule has 1 heterocycles. The van der Waals surface area contributed by atoms with Gasteiger partial charge in [0.05, 0.1) is 22.3 Å². The summed E-state index contributed by atoms with van der Waals surface area (Å²) in [7, 11) is -4.28. The van der Waals surface area contributed by atoms with Crippen LogP contribution in [0, 0.1) is 0 Å². The predicted octanol–water partition coefficient (Wildman–Crippen LogP) is 3.29. The van der Waals surface area contributed by atoms with Crippen molar-refractivity contribution in [2.45, 2.75) is 30.2 Å². The standard InChI is InChI=1S/C19H19F3N2O5S/c20-19(21,22)29-13-5-3-7-15(11-13)30(26,27)24-17-9-2-1-8-16(17)18(25)23-12-14-6-4-10-28-14/h1-3,5,7-9,11,14,24H,4,6,10,12H2,(H,23,25). The zero-order chi connectivity index (χ0) is 21.8. The lowest BCUT2D eigenvalue weighted by atomic mass is 10.1. The molecule has 1 aliphatic rings. The Morgan fingerprint density at radius 1 is 1.17 bits per heavy atom. The van der Waals surface area contributed by atoms with E-state index in [1.165, 1.54) is 18.2 Å². The van der Waals surface area contributed by atoms with Crippen LogP contribution >= 0.6 is 0 Å². The Morgan fingerprint density at radius 2 is 1.93 bits per heavy atom. The number of halogens is 3. The summed E-state index contributed by atoms with van der Waals surface area (Å²) in [6.07, 6.45) is -3.31. The van der Waals surface area contributed by atoms with E-state index in [0.717, 1.165) is 37.1 Å². The second-order valence-corrected chi connectivity index (χ2v) is 8.20. The van der Waals surface area contributed by atoms with Crippen molar-refractivity contribution < 1.29 is 35.9 Å². The molecule has 0 radical (unpaired) electrons. The zero-order valence-electron chi connectivity index (χ0n) is 15.6. The minimum Gasteiger partial charge on any atom is -0.406 e. The first kappa shape index (κ1) is 21.9. The summed E-state index contributed by atoms with van der Waals surface area (Å²) in [5, 5.41) is 2.70. The van der Waals surface area contributed by atoms with Gasteiger partial charge in [-0.1, -0.05) is 18.2 Å². The van der Waals surface area contributed by atoms with Crippen LogP contribution in [0.5, 0.6) is 5.75 Å². The Labute approximate surface area is 171 Å². The molecule has 30 heavy (non-hydrogen) atoms. The average molecular weight is 444 g/mol. The number of para-hydroxylation sites is 1. The fraction of sp³-hybridized carbons (Fsp3) is 0.316. The van der Waals surface area contributed by atoms with Crippen molar-refractivity contribution in [3.63, 3.8) is 0 Å². The average Bonchev–Trinajstić information content (AvgIpc) is 3.19. The molecule has 162 valence electrons. The van der Waals surface area contributed by atoms with Gasteiger partial charge in [-0.2, -0.15) is 0 Å². The lowest BCUT2D eigenvalue weighted by molar-refractivity contribution is -0.274. The van der Waals surface area contributed by atoms with E-state index in [0.29, 0.717) is 6.61 Å². The number of hydrogen-bond acceptors (Lipinski definition) is 5. The van der Waals surface area contributed by atoms with Gasteiger partial charge in [-0.15, -0.1) is 13.2 Å². The summed E-state index contributed by atoms with van der Waals surface area (Å²) in [4.78, 5) is 12.1. The normalized spacial score (nSPS) is 16.8. The molecular formula is C19H19F3N2O5S. The van der Waals surface area contributed by atoms with Crippen molar-refractivity contribution in [2.24, 2.45) is 0 Å². The van der Waals surface area contributed by atoms with Gasteiger partial charge >= 0.3 is 6.36 Å². The van der Waals surface area contributed by atoms with Crippen molar-refractivity contribution in [3.8, 4) is 5.75 Å². The van der Waals surface area contributed by atoms with E-state index in [4.69, 9.17) is 4.74 Å². The van der Waals surface area contributed by atoms with Gasteiger partial charge in [-0.05, 0) is 37.1 Å². The fourth-order valence-corrected chi connectivity index (χ4v) is 4.03. The van der Waals surface area contributed by atoms with Gasteiger partial charge in [0.1, 0.15) is 5.75 Å². The molecule has 0 bridgehead atoms. The molecule has 1 atom stereocenters. The first-order valence-electron chi connectivity index (χ1n) is 9.01. The monoisotopic (exact) mass is 444 g/mol. The van der Waals surface area contributed by atoms with Crippen LogP contribution in [0.4, 0.5) is 18.9 Å². The van der Waals surface area contributed by atoms with Crippen LogP contribution in [-0.4, -0.2) is 39.9 Å². The molecule has 7 nitrogen and oxygen atoms in total. The number of carbonyl (C=O) groups excluding carboxylic acids is 1. The van der Waals surface area contributed by atoms with Crippen LogP contribution in [0.15, 0.2) is 53.4 Å². The van der Waals surface area contributed by atoms with E-state index < -0.39 is 32.9 Å². The number of alkyl halides is 3. The lowest BCUT2D eigenvalue weighted by Gasteiger charge is -2.15. The molecule has 0 saturated carbocycles. The van der Waals surface area contributed by atoms with Gasteiger partial charge in [0.2, 0.25) is 0 Å². The summed E-state index contributed by atoms with van der Waals surface area (Å²) in [5.74, 6) is -1.18. The minimum absolute atomic E-state index is 0.00974. The van der Waals surface area contributed by atoms with E-state index in [2.05, 4.69) is 14.8 Å². The molecule has 3 rings (SSSR count). The summed E-state index contributed by atoms with van der Waals surface area (Å²) in [6.45, 7) is 0.921. The predicted molar refractivity (Wildman–Crippen MR) is 102 cm³/mol. The van der Waals surface area contributed by atoms with E-state index >= 15 is 0 Å². The smallest absolute Gasteiger partial charge is 0.406 e. The van der Waals surface area contributed by atoms with Crippen LogP contribution in [0.2, 0.25) is 0 Å². The lowest BCUT2D eigenvalue weighted by Crippen LogP contribution is -2.32. The number of rotatable bonds is 7. The number of anilines is 1. The van der Waals surface area contributed by atoms with Gasteiger partial charge < -0.3 is 14.8 Å². The summed E-state index contributed by atoms with van der Waals surface area (Å²) < 4.78 is 74.0. The Kier molecular flexibility index (Phi) is 6.52. The van der Waals surface area contributed by atoms with Gasteiger partial charge in [-0.3, -0.25) is 9.52 Å². The molecule has 0 spiro atoms. The molecular weight excluding hydrogens is 425 g/mol. The van der Waals surface area contributed by atoms with Gasteiger partial charge in [0.15, 0.2) is 0 Å². The molecule has 2 aromatic rings. The highest BCUT2D eigenvalue weighted by molar-refractivity contribution is 7.92. The summed E-state index contributed by atoms with van der Waals surface area (Å²) in [5.41, 5.74) is 0.0613. The second-order valence-electron chi connectivity index (χ2n) is 6.52. The molecule has 0 aliphatic carbocycles. The van der Waals surface area contributed by atoms with Crippen LogP contribution in [-0.2, 0) is 14.8 Å². The molecule has 2 aromatic carbocycles. The second kappa shape index (κ2) is 8.92. The molecule has 11 heteroatoms. The molecule has 0 aromatic heterocycles. The highest BCUT2D eigenvalue weighted by Crippen LogP contribution is 2.26. The number of carbonyl (C=O) groups is 1.